The van der Waals surface area contributed by atoms with Gasteiger partial charge < -0.3 is 0 Å². The smallest absolute Gasteiger partial charge is 0.0104 e. The van der Waals surface area contributed by atoms with Crippen LogP contribution in [0.4, 0.5) is 0 Å². The summed E-state index contributed by atoms with van der Waals surface area (Å²) in [5.74, 6) is 3.46. The fourth-order valence-electron chi connectivity index (χ4n) is 4.51. The molecule has 3 rings (SSSR count). The Kier molecular flexibility index (Phi) is 1.80. The highest BCUT2D eigenvalue weighted by Crippen LogP contribution is 2.70. The van der Waals surface area contributed by atoms with Gasteiger partial charge in [0.1, 0.15) is 0 Å². The van der Waals surface area contributed by atoms with Crippen LogP contribution in [0.1, 0.15) is 39.5 Å². The van der Waals surface area contributed by atoms with Crippen LogP contribution in [0.2, 0.25) is 0 Å². The van der Waals surface area contributed by atoms with Crippen LogP contribution in [0.15, 0.2) is 24.3 Å². The molecule has 0 heterocycles. The van der Waals surface area contributed by atoms with Crippen molar-refractivity contribution in [2.24, 2.45) is 29.1 Å². The van der Waals surface area contributed by atoms with Crippen LogP contribution in [0.5, 0.6) is 0 Å². The van der Waals surface area contributed by atoms with Crippen LogP contribution in [0, 0.1) is 29.1 Å². The van der Waals surface area contributed by atoms with Crippen LogP contribution in [0.3, 0.4) is 0 Å². The summed E-state index contributed by atoms with van der Waals surface area (Å²) in [6.07, 6.45) is 5.26. The third kappa shape index (κ3) is 1.14. The minimum absolute atomic E-state index is 0.594. The van der Waals surface area contributed by atoms with Crippen LogP contribution in [-0.2, 0) is 0 Å². The van der Waals surface area contributed by atoms with E-state index in [4.69, 9.17) is 0 Å². The fourth-order valence-corrected chi connectivity index (χ4v) is 4.51. The Bertz CT molecular complexity index is 334. The molecule has 3 aliphatic rings. The van der Waals surface area contributed by atoms with Crippen molar-refractivity contribution in [3.05, 3.63) is 24.3 Å². The molecule has 0 aliphatic heterocycles. The molecule has 0 aromatic carbocycles. The maximum atomic E-state index is 4.32. The minimum Gasteiger partial charge on any atom is -0.0996 e. The predicted molar refractivity (Wildman–Crippen MR) is 64.5 cm³/mol. The molecule has 3 aliphatic carbocycles. The van der Waals surface area contributed by atoms with E-state index in [1.54, 1.807) is 0 Å². The second-order valence-corrected chi connectivity index (χ2v) is 6.48. The zero-order chi connectivity index (χ0) is 10.8. The van der Waals surface area contributed by atoms with Crippen molar-refractivity contribution < 1.29 is 0 Å². The molecule has 0 nitrogen and oxygen atoms in total. The average Bonchev–Trinajstić information content (AvgIpc) is 2.55. The van der Waals surface area contributed by atoms with Gasteiger partial charge in [-0.3, -0.25) is 0 Å². The highest BCUT2D eigenvalue weighted by atomic mass is 14.7. The average molecular weight is 202 g/mol. The van der Waals surface area contributed by atoms with Gasteiger partial charge >= 0.3 is 0 Å². The molecule has 82 valence electrons. The zero-order valence-corrected chi connectivity index (χ0v) is 10.1. The molecule has 0 aromatic heterocycles. The van der Waals surface area contributed by atoms with Crippen LogP contribution >= 0.6 is 0 Å². The van der Waals surface area contributed by atoms with Gasteiger partial charge in [-0.2, -0.15) is 0 Å². The number of fused-ring (bicyclic) bond motifs is 3. The molecule has 0 bridgehead atoms. The first kappa shape index (κ1) is 9.69. The summed E-state index contributed by atoms with van der Waals surface area (Å²) >= 11 is 0. The zero-order valence-electron chi connectivity index (χ0n) is 10.1. The molecule has 15 heavy (non-hydrogen) atoms. The molecule has 0 N–H and O–H groups in total. The van der Waals surface area contributed by atoms with Gasteiger partial charge in [0.25, 0.3) is 0 Å². The Morgan fingerprint density at radius 2 is 1.73 bits per heavy atom. The second kappa shape index (κ2) is 2.78. The van der Waals surface area contributed by atoms with E-state index in [0.29, 0.717) is 5.41 Å². The summed E-state index contributed by atoms with van der Waals surface area (Å²) in [7, 11) is 0. The molecular formula is C15H22. The van der Waals surface area contributed by atoms with E-state index in [-0.39, 0.29) is 0 Å². The fraction of sp³-hybridized carbons (Fsp3) is 0.733. The van der Waals surface area contributed by atoms with E-state index in [2.05, 4.69) is 27.0 Å². The molecule has 0 saturated heterocycles. The van der Waals surface area contributed by atoms with Crippen molar-refractivity contribution in [2.45, 2.75) is 39.5 Å². The first-order valence-electron chi connectivity index (χ1n) is 6.39. The third-order valence-electron chi connectivity index (χ3n) is 5.51. The van der Waals surface area contributed by atoms with Crippen LogP contribution in [-0.4, -0.2) is 0 Å². The summed E-state index contributed by atoms with van der Waals surface area (Å²) in [5, 5.41) is 0. The largest absolute Gasteiger partial charge is 0.0996 e. The molecule has 4 atom stereocenters. The van der Waals surface area contributed by atoms with Crippen molar-refractivity contribution >= 4 is 0 Å². The van der Waals surface area contributed by atoms with Crippen molar-refractivity contribution in [2.75, 3.05) is 0 Å². The standard InChI is InChI=1S/C15H22/c1-9-6-8-12-14(15(12,3)4)13-10(2)5-7-11(9)13/h11-14H,1-2,5-8H2,3-4H3/t11-,12-,13-,14-/m0/s1. The molecule has 0 unspecified atom stereocenters. The minimum atomic E-state index is 0.594. The van der Waals surface area contributed by atoms with Gasteiger partial charge in [-0.1, -0.05) is 38.2 Å². The van der Waals surface area contributed by atoms with Crippen molar-refractivity contribution in [1.29, 1.82) is 0 Å². The van der Waals surface area contributed by atoms with Crippen LogP contribution < -0.4 is 0 Å². The number of rotatable bonds is 0. The van der Waals surface area contributed by atoms with Gasteiger partial charge in [0.15, 0.2) is 0 Å². The van der Waals surface area contributed by atoms with E-state index in [0.717, 1.165) is 23.7 Å². The molecule has 0 aromatic rings. The summed E-state index contributed by atoms with van der Waals surface area (Å²) in [6.45, 7) is 13.5. The predicted octanol–water partition coefficient (Wildman–Crippen LogP) is 4.19. The Hall–Kier alpha value is -0.520. The second-order valence-electron chi connectivity index (χ2n) is 6.48. The summed E-state index contributed by atoms with van der Waals surface area (Å²) < 4.78 is 0. The Labute approximate surface area is 93.5 Å². The highest BCUT2D eigenvalue weighted by molar-refractivity contribution is 5.28. The van der Waals surface area contributed by atoms with Gasteiger partial charge in [0.2, 0.25) is 0 Å². The van der Waals surface area contributed by atoms with E-state index in [9.17, 15) is 0 Å². The molecule has 0 amide bonds. The number of hydrogen-bond donors (Lipinski definition) is 0. The number of allylic oxidation sites excluding steroid dienone is 2. The maximum Gasteiger partial charge on any atom is -0.0104 e. The summed E-state index contributed by atoms with van der Waals surface area (Å²) in [6, 6.07) is 0. The summed E-state index contributed by atoms with van der Waals surface area (Å²) in [4.78, 5) is 0. The monoisotopic (exact) mass is 202 g/mol. The number of hydrogen-bond acceptors (Lipinski definition) is 0. The van der Waals surface area contributed by atoms with Gasteiger partial charge in [-0.15, -0.1) is 0 Å². The topological polar surface area (TPSA) is 0 Å². The van der Waals surface area contributed by atoms with Gasteiger partial charge in [0, 0.05) is 0 Å². The first-order chi connectivity index (χ1) is 7.03. The third-order valence-corrected chi connectivity index (χ3v) is 5.51. The molecule has 3 fully saturated rings. The Morgan fingerprint density at radius 1 is 1.07 bits per heavy atom. The molecule has 0 radical (unpaired) electrons. The normalized spacial score (nSPS) is 47.1. The highest BCUT2D eigenvalue weighted by Gasteiger charge is 2.63. The van der Waals surface area contributed by atoms with E-state index in [1.165, 1.54) is 36.8 Å². The lowest BCUT2D eigenvalue weighted by Gasteiger charge is -2.23. The quantitative estimate of drug-likeness (QED) is 0.517. The lowest BCUT2D eigenvalue weighted by molar-refractivity contribution is 0.377. The van der Waals surface area contributed by atoms with Crippen LogP contribution in [0.25, 0.3) is 0 Å². The SMILES string of the molecule is C=C1CC[C@H]2C(=C)CC[C@H]3[C@@H]([C@@H]12)C3(C)C. The molecule has 0 spiro atoms. The maximum absolute atomic E-state index is 4.32. The van der Waals surface area contributed by atoms with E-state index >= 15 is 0 Å². The van der Waals surface area contributed by atoms with E-state index in [1.807, 2.05) is 0 Å². The molecular weight excluding hydrogens is 180 g/mol. The lowest BCUT2D eigenvalue weighted by atomic mass is 9.82. The van der Waals surface area contributed by atoms with Crippen molar-refractivity contribution in [1.82, 2.24) is 0 Å². The Balaban J connectivity index is 1.96. The van der Waals surface area contributed by atoms with Gasteiger partial charge in [-0.05, 0) is 54.8 Å². The molecule has 0 heteroatoms. The first-order valence-corrected chi connectivity index (χ1v) is 6.39. The van der Waals surface area contributed by atoms with Gasteiger partial charge in [-0.25, -0.2) is 0 Å². The van der Waals surface area contributed by atoms with E-state index < -0.39 is 0 Å². The summed E-state index contributed by atoms with van der Waals surface area (Å²) in [5.41, 5.74) is 3.65. The lowest BCUT2D eigenvalue weighted by Crippen LogP contribution is -2.15. The van der Waals surface area contributed by atoms with Crippen molar-refractivity contribution in [3.63, 3.8) is 0 Å². The molecule has 3 saturated carbocycles. The van der Waals surface area contributed by atoms with Gasteiger partial charge in [0.05, 0.1) is 0 Å². The van der Waals surface area contributed by atoms with Crippen molar-refractivity contribution in [3.8, 4) is 0 Å². The Morgan fingerprint density at radius 3 is 2.47 bits per heavy atom.